The van der Waals surface area contributed by atoms with Crippen molar-refractivity contribution in [2.75, 3.05) is 18.7 Å². The second kappa shape index (κ2) is 11.4. The van der Waals surface area contributed by atoms with E-state index in [-0.39, 0.29) is 30.0 Å². The highest BCUT2D eigenvalue weighted by Crippen LogP contribution is 2.31. The summed E-state index contributed by atoms with van der Waals surface area (Å²) in [5, 5.41) is 17.6. The summed E-state index contributed by atoms with van der Waals surface area (Å²) in [4.78, 5) is 36.8. The predicted octanol–water partition coefficient (Wildman–Crippen LogP) is 4.46. The van der Waals surface area contributed by atoms with Crippen LogP contribution in [-0.4, -0.2) is 42.3 Å². The summed E-state index contributed by atoms with van der Waals surface area (Å²) >= 11 is 0. The van der Waals surface area contributed by atoms with Gasteiger partial charge >= 0.3 is 5.97 Å². The molecule has 2 N–H and O–H groups in total. The number of hydrogen-bond acceptors (Lipinski definition) is 6. The number of ether oxygens (including phenoxy) is 2. The Kier molecular flexibility index (Phi) is 7.86. The molecule has 0 radical (unpaired) electrons. The second-order valence-electron chi connectivity index (χ2n) is 8.61. The Hall–Kier alpha value is -4.92. The summed E-state index contributed by atoms with van der Waals surface area (Å²) in [5.41, 5.74) is 2.91. The van der Waals surface area contributed by atoms with Crippen LogP contribution in [0, 0.1) is 0 Å². The van der Waals surface area contributed by atoms with Gasteiger partial charge in [-0.2, -0.15) is 10.1 Å². The van der Waals surface area contributed by atoms with E-state index in [1.54, 1.807) is 43.3 Å². The van der Waals surface area contributed by atoms with Gasteiger partial charge in [-0.25, -0.2) is 4.79 Å². The van der Waals surface area contributed by atoms with Crippen LogP contribution in [-0.2, 0) is 9.59 Å². The summed E-state index contributed by atoms with van der Waals surface area (Å²) in [6, 6.07) is 20.6. The predicted molar refractivity (Wildman–Crippen MR) is 143 cm³/mol. The third-order valence-corrected chi connectivity index (χ3v) is 5.93. The topological polar surface area (TPSA) is 118 Å². The zero-order valence-electron chi connectivity index (χ0n) is 21.2. The Morgan fingerprint density at radius 2 is 1.82 bits per heavy atom. The minimum atomic E-state index is -1.09. The van der Waals surface area contributed by atoms with Crippen molar-refractivity contribution in [1.29, 1.82) is 0 Å². The van der Waals surface area contributed by atoms with Crippen molar-refractivity contribution < 1.29 is 29.0 Å². The first kappa shape index (κ1) is 26.2. The Bertz CT molecular complexity index is 1430. The number of methoxy groups -OCH3 is 1. The number of carboxylic acids is 1. The quantitative estimate of drug-likeness (QED) is 0.408. The lowest BCUT2D eigenvalue weighted by Crippen LogP contribution is -2.31. The highest BCUT2D eigenvalue weighted by atomic mass is 16.5. The summed E-state index contributed by atoms with van der Waals surface area (Å²) < 4.78 is 11.1. The first-order valence-corrected chi connectivity index (χ1v) is 11.9. The number of nitrogens with zero attached hydrogens (tertiary/aromatic N) is 2. The van der Waals surface area contributed by atoms with E-state index < -0.39 is 5.97 Å². The molecule has 3 aromatic carbocycles. The van der Waals surface area contributed by atoms with Crippen LogP contribution in [0.15, 0.2) is 83.5 Å². The summed E-state index contributed by atoms with van der Waals surface area (Å²) in [6.45, 7) is 3.41. The molecule has 0 aromatic heterocycles. The van der Waals surface area contributed by atoms with E-state index in [2.05, 4.69) is 10.4 Å². The number of hydrazone groups is 1. The molecule has 1 heterocycles. The van der Waals surface area contributed by atoms with Gasteiger partial charge in [-0.3, -0.25) is 9.59 Å². The van der Waals surface area contributed by atoms with Crippen molar-refractivity contribution in [3.05, 3.63) is 95.1 Å². The number of hydrogen-bond donors (Lipinski definition) is 2. The number of rotatable bonds is 9. The van der Waals surface area contributed by atoms with Gasteiger partial charge in [-0.15, -0.1) is 0 Å². The zero-order valence-corrected chi connectivity index (χ0v) is 21.2. The fourth-order valence-corrected chi connectivity index (χ4v) is 3.94. The molecule has 0 fully saturated rings. The number of carboxylic acid groups (broad SMARTS) is 1. The number of anilines is 1. The van der Waals surface area contributed by atoms with Gasteiger partial charge < -0.3 is 19.9 Å². The maximum Gasteiger partial charge on any atom is 0.335 e. The molecule has 0 bridgehead atoms. The van der Waals surface area contributed by atoms with E-state index in [0.29, 0.717) is 34.0 Å². The van der Waals surface area contributed by atoms with Crippen LogP contribution >= 0.6 is 0 Å². The molecule has 4 rings (SSSR count). The van der Waals surface area contributed by atoms with E-state index in [4.69, 9.17) is 9.47 Å². The van der Waals surface area contributed by atoms with E-state index in [1.807, 2.05) is 37.3 Å². The molecule has 3 aromatic rings. The van der Waals surface area contributed by atoms with Crippen molar-refractivity contribution in [2.24, 2.45) is 5.10 Å². The highest BCUT2D eigenvalue weighted by molar-refractivity contribution is 6.32. The van der Waals surface area contributed by atoms with Crippen LogP contribution in [0.4, 0.5) is 5.69 Å². The second-order valence-corrected chi connectivity index (χ2v) is 8.61. The van der Waals surface area contributed by atoms with Gasteiger partial charge in [0.2, 0.25) is 0 Å². The average molecular weight is 514 g/mol. The summed E-state index contributed by atoms with van der Waals surface area (Å²) in [6.07, 6.45) is 1.67. The third-order valence-electron chi connectivity index (χ3n) is 5.93. The van der Waals surface area contributed by atoms with E-state index in [9.17, 15) is 19.5 Å². The largest absolute Gasteiger partial charge is 0.493 e. The van der Waals surface area contributed by atoms with E-state index >= 15 is 0 Å². The Labute approximate surface area is 220 Å². The molecule has 1 unspecified atom stereocenters. The Morgan fingerprint density at radius 3 is 2.53 bits per heavy atom. The normalized spacial score (nSPS) is 14.7. The maximum atomic E-state index is 13.1. The Balaban J connectivity index is 1.45. The van der Waals surface area contributed by atoms with Gasteiger partial charge in [-0.1, -0.05) is 42.5 Å². The number of carbonyl (C=O) groups excluding carboxylic acids is 2. The fourth-order valence-electron chi connectivity index (χ4n) is 3.94. The number of amides is 2. The molecule has 1 aliphatic heterocycles. The van der Waals surface area contributed by atoms with Crippen LogP contribution in [0.1, 0.15) is 41.4 Å². The first-order chi connectivity index (χ1) is 18.3. The van der Waals surface area contributed by atoms with Crippen molar-refractivity contribution >= 4 is 35.3 Å². The van der Waals surface area contributed by atoms with Crippen LogP contribution in [0.5, 0.6) is 11.5 Å². The van der Waals surface area contributed by atoms with Crippen molar-refractivity contribution in [3.63, 3.8) is 0 Å². The maximum absolute atomic E-state index is 13.1. The SMILES string of the molecule is COc1cc(C=C2C(=O)N(c3cccc(C(=O)O)c3)N=C2C)ccc1OCC(=O)NC(C)c1ccccc1. The van der Waals surface area contributed by atoms with Crippen LogP contribution in [0.25, 0.3) is 6.08 Å². The third kappa shape index (κ3) is 5.89. The van der Waals surface area contributed by atoms with Crippen molar-refractivity contribution in [2.45, 2.75) is 19.9 Å². The van der Waals surface area contributed by atoms with Gasteiger partial charge in [-0.05, 0) is 61.4 Å². The summed E-state index contributed by atoms with van der Waals surface area (Å²) in [7, 11) is 1.49. The molecule has 1 atom stereocenters. The molecular formula is C29H27N3O6. The van der Waals surface area contributed by atoms with Gasteiger partial charge in [0.1, 0.15) is 0 Å². The molecule has 1 aliphatic rings. The summed E-state index contributed by atoms with van der Waals surface area (Å²) in [5.74, 6) is -0.965. The Morgan fingerprint density at radius 1 is 1.05 bits per heavy atom. The molecule has 2 amide bonds. The van der Waals surface area contributed by atoms with Crippen molar-refractivity contribution in [1.82, 2.24) is 5.32 Å². The van der Waals surface area contributed by atoms with Crippen LogP contribution in [0.2, 0.25) is 0 Å². The minimum Gasteiger partial charge on any atom is -0.493 e. The highest BCUT2D eigenvalue weighted by Gasteiger charge is 2.29. The lowest BCUT2D eigenvalue weighted by Gasteiger charge is -2.15. The fraction of sp³-hybridized carbons (Fsp3) is 0.172. The van der Waals surface area contributed by atoms with Gasteiger partial charge in [0.15, 0.2) is 18.1 Å². The molecule has 9 heteroatoms. The molecular weight excluding hydrogens is 486 g/mol. The van der Waals surface area contributed by atoms with E-state index in [0.717, 1.165) is 5.56 Å². The van der Waals surface area contributed by atoms with Gasteiger partial charge in [0.25, 0.3) is 11.8 Å². The van der Waals surface area contributed by atoms with Crippen molar-refractivity contribution in [3.8, 4) is 11.5 Å². The van der Waals surface area contributed by atoms with Gasteiger partial charge in [0.05, 0.1) is 35.7 Å². The molecule has 38 heavy (non-hydrogen) atoms. The zero-order chi connectivity index (χ0) is 27.2. The number of benzene rings is 3. The number of carbonyl (C=O) groups is 3. The van der Waals surface area contributed by atoms with E-state index in [1.165, 1.54) is 24.3 Å². The van der Waals surface area contributed by atoms with Crippen LogP contribution < -0.4 is 19.8 Å². The van der Waals surface area contributed by atoms with Crippen LogP contribution in [0.3, 0.4) is 0 Å². The average Bonchev–Trinajstić information content (AvgIpc) is 3.21. The number of nitrogens with one attached hydrogen (secondary N) is 1. The monoisotopic (exact) mass is 513 g/mol. The minimum absolute atomic E-state index is 0.0594. The molecule has 9 nitrogen and oxygen atoms in total. The molecule has 0 spiro atoms. The molecule has 0 saturated heterocycles. The first-order valence-electron chi connectivity index (χ1n) is 11.9. The smallest absolute Gasteiger partial charge is 0.335 e. The van der Waals surface area contributed by atoms with Gasteiger partial charge in [0, 0.05) is 0 Å². The standard InChI is InChI=1S/C29H27N3O6/c1-18(21-8-5-4-6-9-21)30-27(33)17-38-25-13-12-20(15-26(25)37-3)14-24-19(2)31-32(28(24)34)23-11-7-10-22(16-23)29(35)36/h4-16,18H,17H2,1-3H3,(H,30,33)(H,35,36). The molecule has 0 aliphatic carbocycles. The number of aromatic carboxylic acids is 1. The molecule has 194 valence electrons. The molecule has 0 saturated carbocycles. The lowest BCUT2D eigenvalue weighted by molar-refractivity contribution is -0.123. The lowest BCUT2D eigenvalue weighted by atomic mass is 10.1.